The van der Waals surface area contributed by atoms with Crippen molar-refractivity contribution in [3.63, 3.8) is 0 Å². The maximum absolute atomic E-state index is 14.0. The molecule has 0 unspecified atom stereocenters. The smallest absolute Gasteiger partial charge is 0.273 e. The number of hydrogen-bond acceptors (Lipinski definition) is 3. The first kappa shape index (κ1) is 19.7. The lowest BCUT2D eigenvalue weighted by atomic mass is 10.1. The number of aromatic nitrogens is 3. The Labute approximate surface area is 176 Å². The van der Waals surface area contributed by atoms with E-state index in [4.69, 9.17) is 11.6 Å². The molecule has 0 aliphatic carbocycles. The summed E-state index contributed by atoms with van der Waals surface area (Å²) in [4.78, 5) is 12.4. The zero-order valence-corrected chi connectivity index (χ0v) is 17.4. The summed E-state index contributed by atoms with van der Waals surface area (Å²) >= 11 is 7.73. The Balaban J connectivity index is 1.64. The molecule has 1 N–H and O–H groups in total. The monoisotopic (exact) mass is 427 g/mol. The number of nitrogens with zero attached hydrogens (tertiary/aromatic N) is 2. The third-order valence-corrected chi connectivity index (χ3v) is 6.28. The number of nitrogens with one attached hydrogen (secondary N) is 1. The summed E-state index contributed by atoms with van der Waals surface area (Å²) in [5.74, 6) is 0.960. The van der Waals surface area contributed by atoms with Crippen LogP contribution in [0.2, 0.25) is 5.02 Å². The van der Waals surface area contributed by atoms with Gasteiger partial charge in [0.2, 0.25) is 0 Å². The lowest BCUT2D eigenvalue weighted by Crippen LogP contribution is -2.08. The quantitative estimate of drug-likeness (QED) is 0.417. The van der Waals surface area contributed by atoms with E-state index in [-0.39, 0.29) is 11.4 Å². The molecule has 2 aromatic heterocycles. The Morgan fingerprint density at radius 1 is 1.17 bits per heavy atom. The standard InChI is InChI=1S/C22H19ClFN3OS/c1-14-20-16(12-25-26-22(20)28)21(15-6-3-2-4-7-15)27(14)10-11-29-13-17-18(23)8-5-9-19(17)24/h2-9,12H,10-11,13H2,1H3,(H,26,28). The van der Waals surface area contributed by atoms with E-state index in [9.17, 15) is 9.18 Å². The van der Waals surface area contributed by atoms with Crippen LogP contribution >= 0.6 is 23.4 Å². The molecule has 0 fully saturated rings. The third kappa shape index (κ3) is 3.82. The molecule has 0 saturated carbocycles. The van der Waals surface area contributed by atoms with Crippen molar-refractivity contribution in [2.45, 2.75) is 19.2 Å². The van der Waals surface area contributed by atoms with Crippen LogP contribution < -0.4 is 5.56 Å². The highest BCUT2D eigenvalue weighted by Gasteiger charge is 2.18. The number of fused-ring (bicyclic) bond motifs is 1. The van der Waals surface area contributed by atoms with Crippen LogP contribution in [0, 0.1) is 12.7 Å². The minimum atomic E-state index is -0.282. The van der Waals surface area contributed by atoms with E-state index in [1.807, 2.05) is 37.3 Å². The molecular weight excluding hydrogens is 409 g/mol. The van der Waals surface area contributed by atoms with Crippen LogP contribution in [0.3, 0.4) is 0 Å². The van der Waals surface area contributed by atoms with Crippen molar-refractivity contribution < 1.29 is 4.39 Å². The second-order valence-corrected chi connectivity index (χ2v) is 8.20. The van der Waals surface area contributed by atoms with Gasteiger partial charge in [-0.25, -0.2) is 9.49 Å². The molecule has 0 saturated heterocycles. The Morgan fingerprint density at radius 3 is 2.72 bits per heavy atom. The topological polar surface area (TPSA) is 50.7 Å². The normalized spacial score (nSPS) is 11.3. The fourth-order valence-corrected chi connectivity index (χ4v) is 4.83. The molecule has 0 radical (unpaired) electrons. The van der Waals surface area contributed by atoms with E-state index in [0.717, 1.165) is 28.1 Å². The van der Waals surface area contributed by atoms with Gasteiger partial charge in [-0.2, -0.15) is 16.9 Å². The van der Waals surface area contributed by atoms with Crippen LogP contribution in [0.15, 0.2) is 59.5 Å². The number of halogens is 2. The molecule has 0 aliphatic heterocycles. The van der Waals surface area contributed by atoms with E-state index >= 15 is 0 Å². The molecule has 4 rings (SSSR count). The maximum atomic E-state index is 14.0. The number of benzene rings is 2. The second-order valence-electron chi connectivity index (χ2n) is 6.69. The van der Waals surface area contributed by atoms with Crippen LogP contribution in [-0.2, 0) is 12.3 Å². The van der Waals surface area contributed by atoms with Gasteiger partial charge >= 0.3 is 0 Å². The number of thioether (sulfide) groups is 1. The first-order valence-electron chi connectivity index (χ1n) is 9.20. The zero-order chi connectivity index (χ0) is 20.4. The molecule has 4 nitrogen and oxygen atoms in total. The predicted molar refractivity (Wildman–Crippen MR) is 118 cm³/mol. The van der Waals surface area contributed by atoms with Gasteiger partial charge in [-0.3, -0.25) is 4.79 Å². The highest BCUT2D eigenvalue weighted by Crippen LogP contribution is 2.32. The number of aryl methyl sites for hydroxylation is 1. The van der Waals surface area contributed by atoms with Gasteiger partial charge in [0.1, 0.15) is 5.82 Å². The van der Waals surface area contributed by atoms with Crippen molar-refractivity contribution in [1.82, 2.24) is 14.8 Å². The molecule has 2 heterocycles. The molecule has 0 bridgehead atoms. The Kier molecular flexibility index (Phi) is 5.74. The first-order valence-corrected chi connectivity index (χ1v) is 10.7. The zero-order valence-electron chi connectivity index (χ0n) is 15.8. The minimum absolute atomic E-state index is 0.193. The van der Waals surface area contributed by atoms with E-state index in [0.29, 0.717) is 28.3 Å². The molecule has 29 heavy (non-hydrogen) atoms. The van der Waals surface area contributed by atoms with E-state index < -0.39 is 0 Å². The summed E-state index contributed by atoms with van der Waals surface area (Å²) in [6, 6.07) is 14.7. The van der Waals surface area contributed by atoms with Gasteiger partial charge in [0, 0.05) is 39.7 Å². The fraction of sp³-hybridized carbons (Fsp3) is 0.182. The molecule has 0 amide bonds. The van der Waals surface area contributed by atoms with Gasteiger partial charge in [-0.15, -0.1) is 0 Å². The molecule has 7 heteroatoms. The summed E-state index contributed by atoms with van der Waals surface area (Å²) in [6.07, 6.45) is 1.70. The minimum Gasteiger partial charge on any atom is -0.343 e. The summed E-state index contributed by atoms with van der Waals surface area (Å²) in [6.45, 7) is 2.63. The highest BCUT2D eigenvalue weighted by atomic mass is 35.5. The van der Waals surface area contributed by atoms with Crippen LogP contribution in [-0.4, -0.2) is 20.5 Å². The molecular formula is C22H19ClFN3OS. The number of hydrogen-bond donors (Lipinski definition) is 1. The van der Waals surface area contributed by atoms with Gasteiger partial charge < -0.3 is 4.57 Å². The van der Waals surface area contributed by atoms with E-state index in [1.165, 1.54) is 6.07 Å². The number of rotatable bonds is 6. The molecule has 4 aromatic rings. The Bertz CT molecular complexity index is 1200. The van der Waals surface area contributed by atoms with E-state index in [2.05, 4.69) is 14.8 Å². The summed E-state index contributed by atoms with van der Waals surface area (Å²) in [5.41, 5.74) is 3.23. The lowest BCUT2D eigenvalue weighted by Gasteiger charge is -2.12. The Hall–Kier alpha value is -2.57. The van der Waals surface area contributed by atoms with Crippen molar-refractivity contribution in [2.75, 3.05) is 5.75 Å². The van der Waals surface area contributed by atoms with Crippen molar-refractivity contribution in [1.29, 1.82) is 0 Å². The average molecular weight is 428 g/mol. The molecule has 148 valence electrons. The van der Waals surface area contributed by atoms with Crippen molar-refractivity contribution >= 4 is 34.1 Å². The van der Waals surface area contributed by atoms with Crippen LogP contribution in [0.5, 0.6) is 0 Å². The lowest BCUT2D eigenvalue weighted by molar-refractivity contribution is 0.617. The third-order valence-electron chi connectivity index (χ3n) is 4.96. The molecule has 0 aliphatic rings. The second kappa shape index (κ2) is 8.43. The van der Waals surface area contributed by atoms with Gasteiger partial charge in [0.25, 0.3) is 5.56 Å². The van der Waals surface area contributed by atoms with Crippen LogP contribution in [0.1, 0.15) is 11.3 Å². The molecule has 2 aromatic carbocycles. The summed E-state index contributed by atoms with van der Waals surface area (Å²) in [7, 11) is 0. The fourth-order valence-electron chi connectivity index (χ4n) is 3.57. The number of aromatic amines is 1. The van der Waals surface area contributed by atoms with Crippen molar-refractivity contribution in [3.8, 4) is 11.3 Å². The van der Waals surface area contributed by atoms with Crippen LogP contribution in [0.4, 0.5) is 4.39 Å². The average Bonchev–Trinajstić information content (AvgIpc) is 3.00. The molecule has 0 spiro atoms. The van der Waals surface area contributed by atoms with Crippen molar-refractivity contribution in [3.05, 3.63) is 87.2 Å². The Morgan fingerprint density at radius 2 is 1.97 bits per heavy atom. The first-order chi connectivity index (χ1) is 14.1. The predicted octanol–water partition coefficient (Wildman–Crippen LogP) is 5.43. The largest absolute Gasteiger partial charge is 0.343 e. The van der Waals surface area contributed by atoms with Gasteiger partial charge in [-0.1, -0.05) is 48.0 Å². The van der Waals surface area contributed by atoms with Gasteiger partial charge in [-0.05, 0) is 24.6 Å². The van der Waals surface area contributed by atoms with Crippen LogP contribution in [0.25, 0.3) is 22.0 Å². The SMILES string of the molecule is Cc1c2c(=O)[nH]ncc2c(-c2ccccc2)n1CCSCc1c(F)cccc1Cl. The van der Waals surface area contributed by atoms with Gasteiger partial charge in [0.15, 0.2) is 0 Å². The summed E-state index contributed by atoms with van der Waals surface area (Å²) in [5, 5.41) is 8.46. The maximum Gasteiger partial charge on any atom is 0.273 e. The molecule has 0 atom stereocenters. The highest BCUT2D eigenvalue weighted by molar-refractivity contribution is 7.98. The summed E-state index contributed by atoms with van der Waals surface area (Å²) < 4.78 is 16.1. The van der Waals surface area contributed by atoms with Gasteiger partial charge in [0.05, 0.1) is 17.3 Å². The number of H-pyrrole nitrogens is 1. The van der Waals surface area contributed by atoms with E-state index in [1.54, 1.807) is 30.1 Å². The van der Waals surface area contributed by atoms with Crippen molar-refractivity contribution in [2.24, 2.45) is 0 Å².